The van der Waals surface area contributed by atoms with Crippen molar-refractivity contribution in [2.75, 3.05) is 6.26 Å². The molecule has 98 valence electrons. The lowest BCUT2D eigenvalue weighted by molar-refractivity contribution is 0.551. The third-order valence-electron chi connectivity index (χ3n) is 3.28. The second-order valence-electron chi connectivity index (χ2n) is 4.93. The van der Waals surface area contributed by atoms with Gasteiger partial charge < -0.3 is 0 Å². The van der Waals surface area contributed by atoms with E-state index < -0.39 is 0 Å². The van der Waals surface area contributed by atoms with Crippen molar-refractivity contribution in [2.45, 2.75) is 32.0 Å². The fraction of sp³-hybridized carbons (Fsp3) is 0.357. The summed E-state index contributed by atoms with van der Waals surface area (Å²) in [6.07, 6.45) is 5.83. The van der Waals surface area contributed by atoms with Crippen LogP contribution in [0.4, 0.5) is 0 Å². The van der Waals surface area contributed by atoms with E-state index in [9.17, 15) is 0 Å². The van der Waals surface area contributed by atoms with E-state index in [4.69, 9.17) is 0 Å². The standard InChI is InChI=1S/C14H16N4S/c1-8(2)18-13-11(7-16-18)9(3)5-10-6-15-14(19-4)17-12(10)13/h5-8H,1-4H3. The smallest absolute Gasteiger partial charge is 0.187 e. The lowest BCUT2D eigenvalue weighted by atomic mass is 10.1. The molecule has 3 aromatic rings. The van der Waals surface area contributed by atoms with Gasteiger partial charge in [0.1, 0.15) is 5.52 Å². The molecule has 19 heavy (non-hydrogen) atoms. The summed E-state index contributed by atoms with van der Waals surface area (Å²) in [5.41, 5.74) is 3.32. The summed E-state index contributed by atoms with van der Waals surface area (Å²) >= 11 is 1.56. The van der Waals surface area contributed by atoms with Crippen molar-refractivity contribution in [3.63, 3.8) is 0 Å². The highest BCUT2D eigenvalue weighted by molar-refractivity contribution is 7.98. The van der Waals surface area contributed by atoms with E-state index in [1.54, 1.807) is 11.8 Å². The molecule has 4 nitrogen and oxygen atoms in total. The van der Waals surface area contributed by atoms with E-state index in [2.05, 4.69) is 41.9 Å². The van der Waals surface area contributed by atoms with E-state index >= 15 is 0 Å². The SMILES string of the molecule is CSc1ncc2cc(C)c3cnn(C(C)C)c3c2n1. The molecule has 0 radical (unpaired) electrons. The van der Waals surface area contributed by atoms with Gasteiger partial charge in [-0.15, -0.1) is 0 Å². The Labute approximate surface area is 116 Å². The first-order valence-corrected chi connectivity index (χ1v) is 7.52. The maximum atomic E-state index is 4.67. The van der Waals surface area contributed by atoms with Gasteiger partial charge in [-0.25, -0.2) is 9.97 Å². The molecule has 0 fully saturated rings. The van der Waals surface area contributed by atoms with Crippen LogP contribution in [0.25, 0.3) is 21.8 Å². The number of aromatic nitrogens is 4. The van der Waals surface area contributed by atoms with Crippen LogP contribution in [-0.4, -0.2) is 26.0 Å². The fourth-order valence-electron chi connectivity index (χ4n) is 2.36. The van der Waals surface area contributed by atoms with Crippen LogP contribution in [0.15, 0.2) is 23.6 Å². The van der Waals surface area contributed by atoms with Crippen molar-refractivity contribution < 1.29 is 0 Å². The molecular formula is C14H16N4S. The first-order chi connectivity index (χ1) is 9.11. The minimum atomic E-state index is 0.315. The van der Waals surface area contributed by atoms with Gasteiger partial charge in [0.15, 0.2) is 5.16 Å². The number of benzene rings is 1. The van der Waals surface area contributed by atoms with E-state index in [-0.39, 0.29) is 0 Å². The maximum absolute atomic E-state index is 4.67. The number of aryl methyl sites for hydroxylation is 1. The summed E-state index contributed by atoms with van der Waals surface area (Å²) in [4.78, 5) is 9.02. The van der Waals surface area contributed by atoms with Crippen LogP contribution in [0.5, 0.6) is 0 Å². The van der Waals surface area contributed by atoms with Crippen molar-refractivity contribution in [3.05, 3.63) is 24.0 Å². The Hall–Kier alpha value is -1.62. The summed E-state index contributed by atoms with van der Waals surface area (Å²) in [5, 5.41) is 7.56. The fourth-order valence-corrected chi connectivity index (χ4v) is 2.70. The molecule has 0 saturated heterocycles. The molecular weight excluding hydrogens is 256 g/mol. The van der Waals surface area contributed by atoms with Crippen molar-refractivity contribution in [1.82, 2.24) is 19.7 Å². The number of rotatable bonds is 2. The molecule has 2 aromatic heterocycles. The highest BCUT2D eigenvalue weighted by Crippen LogP contribution is 2.29. The number of hydrogen-bond acceptors (Lipinski definition) is 4. The summed E-state index contributed by atoms with van der Waals surface area (Å²) in [7, 11) is 0. The van der Waals surface area contributed by atoms with Crippen LogP contribution in [0.2, 0.25) is 0 Å². The number of hydrogen-bond donors (Lipinski definition) is 0. The lowest BCUT2D eigenvalue weighted by Gasteiger charge is -2.10. The molecule has 0 bridgehead atoms. The molecule has 0 amide bonds. The average molecular weight is 272 g/mol. The molecule has 0 N–H and O–H groups in total. The van der Waals surface area contributed by atoms with Crippen LogP contribution in [-0.2, 0) is 0 Å². The quantitative estimate of drug-likeness (QED) is 0.528. The monoisotopic (exact) mass is 272 g/mol. The van der Waals surface area contributed by atoms with Crippen molar-refractivity contribution in [3.8, 4) is 0 Å². The van der Waals surface area contributed by atoms with Gasteiger partial charge in [-0.1, -0.05) is 11.8 Å². The van der Waals surface area contributed by atoms with Gasteiger partial charge in [-0.2, -0.15) is 5.10 Å². The first-order valence-electron chi connectivity index (χ1n) is 6.29. The number of fused-ring (bicyclic) bond motifs is 3. The normalized spacial score (nSPS) is 11.8. The second kappa shape index (κ2) is 4.49. The molecule has 0 aliphatic rings. The van der Waals surface area contributed by atoms with Crippen LogP contribution < -0.4 is 0 Å². The van der Waals surface area contributed by atoms with E-state index in [0.717, 1.165) is 21.6 Å². The highest BCUT2D eigenvalue weighted by atomic mass is 32.2. The molecule has 0 aliphatic heterocycles. The Kier molecular flexibility index (Phi) is 2.93. The van der Waals surface area contributed by atoms with Gasteiger partial charge in [-0.3, -0.25) is 4.68 Å². The molecule has 1 aromatic carbocycles. The average Bonchev–Trinajstić information content (AvgIpc) is 2.84. The highest BCUT2D eigenvalue weighted by Gasteiger charge is 2.13. The molecule has 0 saturated carbocycles. The predicted molar refractivity (Wildman–Crippen MR) is 79.7 cm³/mol. The van der Waals surface area contributed by atoms with E-state index in [1.165, 1.54) is 10.9 Å². The van der Waals surface area contributed by atoms with Crippen molar-refractivity contribution in [2.24, 2.45) is 0 Å². The van der Waals surface area contributed by atoms with Crippen LogP contribution in [0.1, 0.15) is 25.5 Å². The zero-order valence-electron chi connectivity index (χ0n) is 11.5. The molecule has 0 atom stereocenters. The zero-order chi connectivity index (χ0) is 13.6. The molecule has 5 heteroatoms. The van der Waals surface area contributed by atoms with Crippen LogP contribution in [0.3, 0.4) is 0 Å². The zero-order valence-corrected chi connectivity index (χ0v) is 12.3. The largest absolute Gasteiger partial charge is 0.260 e. The van der Waals surface area contributed by atoms with Crippen LogP contribution >= 0.6 is 11.8 Å². The minimum absolute atomic E-state index is 0.315. The van der Waals surface area contributed by atoms with E-state index in [0.29, 0.717) is 6.04 Å². The van der Waals surface area contributed by atoms with Crippen LogP contribution in [0, 0.1) is 6.92 Å². The molecule has 0 aliphatic carbocycles. The Bertz CT molecular complexity index is 761. The third-order valence-corrected chi connectivity index (χ3v) is 3.85. The summed E-state index contributed by atoms with van der Waals surface area (Å²) in [5.74, 6) is 0. The number of thioether (sulfide) groups is 1. The predicted octanol–water partition coefficient (Wildman–Crippen LogP) is 3.59. The summed E-state index contributed by atoms with van der Waals surface area (Å²) in [6.45, 7) is 6.38. The molecule has 2 heterocycles. The van der Waals surface area contributed by atoms with Crippen molar-refractivity contribution in [1.29, 1.82) is 0 Å². The van der Waals surface area contributed by atoms with Gasteiger partial charge in [0, 0.05) is 23.0 Å². The third kappa shape index (κ3) is 1.89. The Morgan fingerprint density at radius 3 is 2.74 bits per heavy atom. The Balaban J connectivity index is 2.49. The first kappa shape index (κ1) is 12.4. The second-order valence-corrected chi connectivity index (χ2v) is 5.71. The van der Waals surface area contributed by atoms with Gasteiger partial charge >= 0.3 is 0 Å². The summed E-state index contributed by atoms with van der Waals surface area (Å²) in [6, 6.07) is 2.45. The lowest BCUT2D eigenvalue weighted by Crippen LogP contribution is -2.03. The molecule has 3 rings (SSSR count). The van der Waals surface area contributed by atoms with E-state index in [1.807, 2.05) is 23.3 Å². The van der Waals surface area contributed by atoms with Gasteiger partial charge in [0.05, 0.1) is 11.7 Å². The summed E-state index contributed by atoms with van der Waals surface area (Å²) < 4.78 is 2.04. The van der Waals surface area contributed by atoms with Gasteiger partial charge in [0.25, 0.3) is 0 Å². The number of nitrogens with zero attached hydrogens (tertiary/aromatic N) is 4. The Morgan fingerprint density at radius 1 is 1.26 bits per heavy atom. The Morgan fingerprint density at radius 2 is 2.05 bits per heavy atom. The topological polar surface area (TPSA) is 43.6 Å². The van der Waals surface area contributed by atoms with Crippen molar-refractivity contribution >= 4 is 33.6 Å². The minimum Gasteiger partial charge on any atom is -0.260 e. The van der Waals surface area contributed by atoms with Gasteiger partial charge in [-0.05, 0) is 38.7 Å². The molecule has 0 unspecified atom stereocenters. The maximum Gasteiger partial charge on any atom is 0.187 e. The molecule has 0 spiro atoms. The van der Waals surface area contributed by atoms with Gasteiger partial charge in [0.2, 0.25) is 0 Å².